The van der Waals surface area contributed by atoms with E-state index in [9.17, 15) is 4.39 Å². The van der Waals surface area contributed by atoms with Crippen LogP contribution in [0.1, 0.15) is 17.6 Å². The van der Waals surface area contributed by atoms with Crippen molar-refractivity contribution in [2.24, 2.45) is 0 Å². The zero-order valence-corrected chi connectivity index (χ0v) is 12.4. The number of aryl methyl sites for hydroxylation is 1. The second-order valence-electron chi connectivity index (χ2n) is 4.34. The van der Waals surface area contributed by atoms with Crippen LogP contribution in [-0.4, -0.2) is 18.1 Å². The van der Waals surface area contributed by atoms with Crippen LogP contribution in [0.2, 0.25) is 0 Å². The van der Waals surface area contributed by atoms with Crippen LogP contribution >= 0.6 is 11.3 Å². The van der Waals surface area contributed by atoms with Crippen LogP contribution < -0.4 is 15.8 Å². The molecule has 0 fully saturated rings. The van der Waals surface area contributed by atoms with Gasteiger partial charge in [-0.1, -0.05) is 0 Å². The highest BCUT2D eigenvalue weighted by Gasteiger charge is 2.08. The first-order valence-electron chi connectivity index (χ1n) is 6.47. The number of nitrogen functional groups attached to an aromatic ring is 1. The minimum absolute atomic E-state index is 0.216. The van der Waals surface area contributed by atoms with Crippen molar-refractivity contribution in [3.8, 4) is 5.75 Å². The third-order valence-corrected chi connectivity index (χ3v) is 3.59. The highest BCUT2D eigenvalue weighted by molar-refractivity contribution is 7.09. The maximum Gasteiger partial charge on any atom is 0.167 e. The van der Waals surface area contributed by atoms with Crippen LogP contribution in [-0.2, 0) is 6.42 Å². The van der Waals surface area contributed by atoms with Gasteiger partial charge in [0.15, 0.2) is 11.6 Å². The Bertz CT molecular complexity index is 586. The predicted octanol–water partition coefficient (Wildman–Crippen LogP) is 3.23. The number of anilines is 2. The van der Waals surface area contributed by atoms with Gasteiger partial charge in [-0.25, -0.2) is 9.37 Å². The SMILES string of the molecule is CCOc1cc(NCCc2csc(C)n2)c(N)cc1F. The lowest BCUT2D eigenvalue weighted by Gasteiger charge is -2.12. The van der Waals surface area contributed by atoms with Gasteiger partial charge in [-0.3, -0.25) is 0 Å². The first-order valence-corrected chi connectivity index (χ1v) is 7.34. The molecule has 2 rings (SSSR count). The number of aromatic nitrogens is 1. The molecule has 0 aliphatic rings. The molecule has 20 heavy (non-hydrogen) atoms. The van der Waals surface area contributed by atoms with Gasteiger partial charge in [0, 0.05) is 30.5 Å². The fraction of sp³-hybridized carbons (Fsp3) is 0.357. The Labute approximate surface area is 121 Å². The lowest BCUT2D eigenvalue weighted by molar-refractivity contribution is 0.322. The Morgan fingerprint density at radius 3 is 2.90 bits per heavy atom. The lowest BCUT2D eigenvalue weighted by Crippen LogP contribution is -2.08. The van der Waals surface area contributed by atoms with Gasteiger partial charge in [0.25, 0.3) is 0 Å². The molecular formula is C14H18FN3OS. The molecule has 2 aromatic rings. The molecule has 0 saturated heterocycles. The van der Waals surface area contributed by atoms with Crippen molar-refractivity contribution in [1.29, 1.82) is 0 Å². The van der Waals surface area contributed by atoms with E-state index in [-0.39, 0.29) is 5.75 Å². The third kappa shape index (κ3) is 3.60. The standard InChI is InChI=1S/C14H18FN3OS/c1-3-19-14-7-13(12(16)6-11(14)15)17-5-4-10-8-20-9(2)18-10/h6-8,17H,3-5,16H2,1-2H3. The molecule has 0 aliphatic carbocycles. The van der Waals surface area contributed by atoms with E-state index in [0.29, 0.717) is 24.5 Å². The van der Waals surface area contributed by atoms with Crippen LogP contribution in [0.4, 0.5) is 15.8 Å². The van der Waals surface area contributed by atoms with E-state index in [0.717, 1.165) is 17.1 Å². The molecule has 1 heterocycles. The number of rotatable bonds is 6. The summed E-state index contributed by atoms with van der Waals surface area (Å²) in [6, 6.07) is 2.88. The molecule has 0 radical (unpaired) electrons. The molecule has 4 nitrogen and oxygen atoms in total. The van der Waals surface area contributed by atoms with Crippen molar-refractivity contribution in [2.45, 2.75) is 20.3 Å². The van der Waals surface area contributed by atoms with Crippen LogP contribution in [0.15, 0.2) is 17.5 Å². The predicted molar refractivity (Wildman–Crippen MR) is 81.0 cm³/mol. The van der Waals surface area contributed by atoms with E-state index < -0.39 is 5.82 Å². The second kappa shape index (κ2) is 6.56. The van der Waals surface area contributed by atoms with Crippen molar-refractivity contribution in [3.63, 3.8) is 0 Å². The summed E-state index contributed by atoms with van der Waals surface area (Å²) in [6.45, 7) is 4.89. The maximum absolute atomic E-state index is 13.6. The van der Waals surface area contributed by atoms with E-state index in [1.165, 1.54) is 6.07 Å². The molecule has 0 unspecified atom stereocenters. The van der Waals surface area contributed by atoms with E-state index in [4.69, 9.17) is 10.5 Å². The Morgan fingerprint density at radius 2 is 2.25 bits per heavy atom. The van der Waals surface area contributed by atoms with Gasteiger partial charge in [0.05, 0.1) is 28.7 Å². The maximum atomic E-state index is 13.6. The number of nitrogens with one attached hydrogen (secondary N) is 1. The topological polar surface area (TPSA) is 60.2 Å². The number of nitrogens with two attached hydrogens (primary N) is 1. The summed E-state index contributed by atoms with van der Waals surface area (Å²) in [4.78, 5) is 4.39. The van der Waals surface area contributed by atoms with Gasteiger partial charge in [-0.2, -0.15) is 0 Å². The van der Waals surface area contributed by atoms with Crippen molar-refractivity contribution in [1.82, 2.24) is 4.98 Å². The molecule has 0 saturated carbocycles. The molecule has 0 aliphatic heterocycles. The number of benzene rings is 1. The first kappa shape index (κ1) is 14.6. The smallest absolute Gasteiger partial charge is 0.167 e. The fourth-order valence-electron chi connectivity index (χ4n) is 1.84. The van der Waals surface area contributed by atoms with Crippen LogP contribution in [0.3, 0.4) is 0 Å². The van der Waals surface area contributed by atoms with Crippen LogP contribution in [0.5, 0.6) is 5.75 Å². The summed E-state index contributed by atoms with van der Waals surface area (Å²) in [5.74, 6) is -0.223. The number of nitrogens with zero attached hydrogens (tertiary/aromatic N) is 1. The first-order chi connectivity index (χ1) is 9.60. The zero-order chi connectivity index (χ0) is 14.5. The average Bonchev–Trinajstić information content (AvgIpc) is 2.81. The number of hydrogen-bond acceptors (Lipinski definition) is 5. The lowest BCUT2D eigenvalue weighted by atomic mass is 10.2. The highest BCUT2D eigenvalue weighted by Crippen LogP contribution is 2.28. The van der Waals surface area contributed by atoms with Crippen molar-refractivity contribution in [2.75, 3.05) is 24.2 Å². The molecule has 0 atom stereocenters. The molecule has 108 valence electrons. The second-order valence-corrected chi connectivity index (χ2v) is 5.40. The van der Waals surface area contributed by atoms with Gasteiger partial charge in [-0.15, -0.1) is 11.3 Å². The number of thiazole rings is 1. The fourth-order valence-corrected chi connectivity index (χ4v) is 2.48. The number of ether oxygens (including phenoxy) is 1. The quantitative estimate of drug-likeness (QED) is 0.803. The van der Waals surface area contributed by atoms with E-state index in [2.05, 4.69) is 10.3 Å². The van der Waals surface area contributed by atoms with Gasteiger partial charge in [0.2, 0.25) is 0 Å². The summed E-state index contributed by atoms with van der Waals surface area (Å²) in [6.07, 6.45) is 0.797. The normalized spacial score (nSPS) is 10.6. The van der Waals surface area contributed by atoms with Crippen molar-refractivity contribution >= 4 is 22.7 Å². The minimum atomic E-state index is -0.440. The summed E-state index contributed by atoms with van der Waals surface area (Å²) in [5, 5.41) is 6.28. The molecule has 0 bridgehead atoms. The minimum Gasteiger partial charge on any atom is -0.491 e. The molecule has 1 aromatic carbocycles. The van der Waals surface area contributed by atoms with Gasteiger partial charge >= 0.3 is 0 Å². The monoisotopic (exact) mass is 295 g/mol. The molecule has 0 amide bonds. The van der Waals surface area contributed by atoms with Gasteiger partial charge < -0.3 is 15.8 Å². The number of halogens is 1. The average molecular weight is 295 g/mol. The van der Waals surface area contributed by atoms with Gasteiger partial charge in [-0.05, 0) is 13.8 Å². The van der Waals surface area contributed by atoms with Crippen molar-refractivity contribution < 1.29 is 9.13 Å². The Balaban J connectivity index is 1.99. The largest absolute Gasteiger partial charge is 0.491 e. The van der Waals surface area contributed by atoms with E-state index >= 15 is 0 Å². The molecule has 3 N–H and O–H groups in total. The summed E-state index contributed by atoms with van der Waals surface area (Å²) in [7, 11) is 0. The summed E-state index contributed by atoms with van der Waals surface area (Å²) in [5.41, 5.74) is 7.90. The summed E-state index contributed by atoms with van der Waals surface area (Å²) < 4.78 is 18.8. The van der Waals surface area contributed by atoms with Gasteiger partial charge in [0.1, 0.15) is 0 Å². The van der Waals surface area contributed by atoms with Crippen LogP contribution in [0, 0.1) is 12.7 Å². The Kier molecular flexibility index (Phi) is 4.79. The molecular weight excluding hydrogens is 277 g/mol. The molecule has 1 aromatic heterocycles. The highest BCUT2D eigenvalue weighted by atomic mass is 32.1. The summed E-state index contributed by atoms with van der Waals surface area (Å²) >= 11 is 1.63. The molecule has 0 spiro atoms. The Morgan fingerprint density at radius 1 is 1.45 bits per heavy atom. The van der Waals surface area contributed by atoms with E-state index in [1.807, 2.05) is 19.2 Å². The number of hydrogen-bond donors (Lipinski definition) is 2. The van der Waals surface area contributed by atoms with E-state index in [1.54, 1.807) is 17.4 Å². The van der Waals surface area contributed by atoms with Crippen molar-refractivity contribution in [3.05, 3.63) is 34.0 Å². The van der Waals surface area contributed by atoms with Crippen LogP contribution in [0.25, 0.3) is 0 Å². The molecule has 6 heteroatoms. The Hall–Kier alpha value is -1.82. The third-order valence-electron chi connectivity index (χ3n) is 2.77. The zero-order valence-electron chi connectivity index (χ0n) is 11.6.